The van der Waals surface area contributed by atoms with E-state index in [4.69, 9.17) is 4.74 Å². The highest BCUT2D eigenvalue weighted by Crippen LogP contribution is 2.45. The molecular formula is C16H16O2S. The highest BCUT2D eigenvalue weighted by Gasteiger charge is 2.35. The van der Waals surface area contributed by atoms with Gasteiger partial charge in [-0.25, -0.2) is 0 Å². The van der Waals surface area contributed by atoms with Crippen molar-refractivity contribution < 1.29 is 9.53 Å². The first-order valence-electron chi connectivity index (χ1n) is 6.37. The van der Waals surface area contributed by atoms with Crippen molar-refractivity contribution in [1.29, 1.82) is 0 Å². The maximum Gasteiger partial charge on any atom is 0.172 e. The molecule has 3 rings (SSSR count). The number of thioether (sulfide) groups is 1. The molecule has 3 heteroatoms. The zero-order valence-electron chi connectivity index (χ0n) is 11.3. The first-order chi connectivity index (χ1) is 9.13. The average molecular weight is 272 g/mol. The van der Waals surface area contributed by atoms with E-state index >= 15 is 0 Å². The van der Waals surface area contributed by atoms with E-state index < -0.39 is 0 Å². The van der Waals surface area contributed by atoms with E-state index in [2.05, 4.69) is 13.0 Å². The van der Waals surface area contributed by atoms with Crippen LogP contribution in [0.3, 0.4) is 0 Å². The summed E-state index contributed by atoms with van der Waals surface area (Å²) in [6.07, 6.45) is 8.11. The van der Waals surface area contributed by atoms with Crippen molar-refractivity contribution in [2.75, 3.05) is 7.11 Å². The smallest absolute Gasteiger partial charge is 0.172 e. The molecule has 0 amide bonds. The van der Waals surface area contributed by atoms with Gasteiger partial charge >= 0.3 is 0 Å². The van der Waals surface area contributed by atoms with Crippen LogP contribution >= 0.6 is 11.8 Å². The van der Waals surface area contributed by atoms with Crippen molar-refractivity contribution in [3.8, 4) is 5.75 Å². The molecule has 0 radical (unpaired) electrons. The summed E-state index contributed by atoms with van der Waals surface area (Å²) in [5.74, 6) is 0.981. The molecule has 1 aliphatic carbocycles. The quantitative estimate of drug-likeness (QED) is 0.779. The number of methoxy groups -OCH3 is 1. The minimum Gasteiger partial charge on any atom is -0.496 e. The molecule has 2 nitrogen and oxygen atoms in total. The van der Waals surface area contributed by atoms with E-state index in [1.54, 1.807) is 18.9 Å². The van der Waals surface area contributed by atoms with Crippen LogP contribution in [0.15, 0.2) is 35.3 Å². The lowest BCUT2D eigenvalue weighted by molar-refractivity contribution is 0.0941. The largest absolute Gasteiger partial charge is 0.496 e. The van der Waals surface area contributed by atoms with Gasteiger partial charge in [-0.2, -0.15) is 0 Å². The number of hydrogen-bond donors (Lipinski definition) is 0. The van der Waals surface area contributed by atoms with E-state index in [-0.39, 0.29) is 17.0 Å². The topological polar surface area (TPSA) is 26.3 Å². The summed E-state index contributed by atoms with van der Waals surface area (Å²) in [7, 11) is 1.65. The Morgan fingerprint density at radius 3 is 2.63 bits per heavy atom. The fourth-order valence-electron chi connectivity index (χ4n) is 2.66. The van der Waals surface area contributed by atoms with Gasteiger partial charge < -0.3 is 4.74 Å². The van der Waals surface area contributed by atoms with Gasteiger partial charge in [0.25, 0.3) is 0 Å². The number of Topliss-reactive ketones (excluding diaryl/α,β-unsaturated/α-hetero) is 1. The first kappa shape index (κ1) is 12.5. The minimum atomic E-state index is -0.0330. The molecule has 0 saturated carbocycles. The summed E-state index contributed by atoms with van der Waals surface area (Å²) < 4.78 is 5.38. The Kier molecular flexibility index (Phi) is 3.02. The van der Waals surface area contributed by atoms with Crippen molar-refractivity contribution in [1.82, 2.24) is 0 Å². The maximum atomic E-state index is 12.6. The van der Waals surface area contributed by atoms with E-state index in [1.807, 2.05) is 31.2 Å². The number of fused-ring (bicyclic) bond motifs is 2. The van der Waals surface area contributed by atoms with E-state index in [0.717, 1.165) is 27.3 Å². The predicted molar refractivity (Wildman–Crippen MR) is 78.2 cm³/mol. The van der Waals surface area contributed by atoms with Gasteiger partial charge in [0, 0.05) is 15.7 Å². The normalized spacial score (nSPS) is 24.1. The minimum absolute atomic E-state index is 0.0330. The fraction of sp³-hybridized carbons (Fsp3) is 0.312. The molecule has 98 valence electrons. The second kappa shape index (κ2) is 4.57. The van der Waals surface area contributed by atoms with Gasteiger partial charge in [-0.1, -0.05) is 24.3 Å². The van der Waals surface area contributed by atoms with Gasteiger partial charge in [-0.3, -0.25) is 4.79 Å². The zero-order chi connectivity index (χ0) is 13.6. The highest BCUT2D eigenvalue weighted by atomic mass is 32.2. The van der Waals surface area contributed by atoms with Gasteiger partial charge in [-0.05, 0) is 31.0 Å². The summed E-state index contributed by atoms with van der Waals surface area (Å²) in [6.45, 7) is 4.11. The summed E-state index contributed by atoms with van der Waals surface area (Å²) in [5, 5.41) is 0.233. The van der Waals surface area contributed by atoms with E-state index in [9.17, 15) is 4.79 Å². The molecule has 0 saturated heterocycles. The monoisotopic (exact) mass is 272 g/mol. The number of allylic oxidation sites excluding steroid dienone is 3. The lowest BCUT2D eigenvalue weighted by Gasteiger charge is -2.31. The van der Waals surface area contributed by atoms with Gasteiger partial charge in [0.05, 0.1) is 13.0 Å². The Morgan fingerprint density at radius 2 is 1.89 bits per heavy atom. The van der Waals surface area contributed by atoms with Crippen LogP contribution in [0, 0.1) is 19.8 Å². The molecule has 0 aromatic heterocycles. The standard InChI is InChI=1S/C16H16O2S/c1-9-10(2)16-12(8-13(9)18-3)15(17)11-6-4-5-7-14(11)19-16/h4-8,11,14H,1-3H3. The Bertz CT molecular complexity index is 614. The Morgan fingerprint density at radius 1 is 1.16 bits per heavy atom. The number of hydrogen-bond acceptors (Lipinski definition) is 3. The lowest BCUT2D eigenvalue weighted by Crippen LogP contribution is -2.29. The van der Waals surface area contributed by atoms with Crippen molar-refractivity contribution in [3.05, 3.63) is 47.1 Å². The lowest BCUT2D eigenvalue weighted by atomic mass is 9.89. The second-order valence-corrected chi connectivity index (χ2v) is 6.14. The fourth-order valence-corrected chi connectivity index (χ4v) is 4.08. The second-order valence-electron chi connectivity index (χ2n) is 4.95. The first-order valence-corrected chi connectivity index (χ1v) is 7.25. The zero-order valence-corrected chi connectivity index (χ0v) is 12.1. The molecular weight excluding hydrogens is 256 g/mol. The number of carbonyl (C=O) groups is 1. The SMILES string of the molecule is COc1cc2c(c(C)c1C)SC1C=CC=CC1C2=O. The molecule has 2 atom stereocenters. The summed E-state index contributed by atoms with van der Waals surface area (Å²) in [4.78, 5) is 13.7. The molecule has 19 heavy (non-hydrogen) atoms. The summed E-state index contributed by atoms with van der Waals surface area (Å²) in [6, 6.07) is 1.90. The Labute approximate surface area is 117 Å². The maximum absolute atomic E-state index is 12.6. The van der Waals surface area contributed by atoms with Crippen molar-refractivity contribution in [3.63, 3.8) is 0 Å². The number of ketones is 1. The van der Waals surface area contributed by atoms with E-state index in [0.29, 0.717) is 0 Å². The third-order valence-electron chi connectivity index (χ3n) is 3.92. The molecule has 2 aliphatic rings. The predicted octanol–water partition coefficient (Wildman–Crippen LogP) is 3.71. The summed E-state index contributed by atoms with van der Waals surface area (Å²) >= 11 is 1.79. The van der Waals surface area contributed by atoms with Crippen molar-refractivity contribution in [2.45, 2.75) is 24.0 Å². The number of ether oxygens (including phenoxy) is 1. The van der Waals surface area contributed by atoms with Crippen LogP contribution in [-0.4, -0.2) is 18.1 Å². The van der Waals surface area contributed by atoms with Crippen LogP contribution in [0.5, 0.6) is 5.75 Å². The summed E-state index contributed by atoms with van der Waals surface area (Å²) in [5.41, 5.74) is 3.09. The van der Waals surface area contributed by atoms with Gasteiger partial charge in [0.2, 0.25) is 0 Å². The molecule has 0 spiro atoms. The van der Waals surface area contributed by atoms with Crippen LogP contribution in [0.1, 0.15) is 21.5 Å². The Balaban J connectivity index is 2.18. The molecule has 0 N–H and O–H groups in total. The molecule has 1 aromatic rings. The molecule has 2 unspecified atom stereocenters. The van der Waals surface area contributed by atoms with Gasteiger partial charge in [0.15, 0.2) is 5.78 Å². The molecule has 0 fully saturated rings. The van der Waals surface area contributed by atoms with Crippen LogP contribution in [0.4, 0.5) is 0 Å². The van der Waals surface area contributed by atoms with Gasteiger partial charge in [-0.15, -0.1) is 11.8 Å². The molecule has 0 bridgehead atoms. The van der Waals surface area contributed by atoms with Crippen LogP contribution in [0.25, 0.3) is 0 Å². The Hall–Kier alpha value is -1.48. The highest BCUT2D eigenvalue weighted by molar-refractivity contribution is 8.00. The number of benzene rings is 1. The van der Waals surface area contributed by atoms with Crippen molar-refractivity contribution in [2.24, 2.45) is 5.92 Å². The third kappa shape index (κ3) is 1.84. The molecule has 1 heterocycles. The van der Waals surface area contributed by atoms with E-state index in [1.165, 1.54) is 0 Å². The number of rotatable bonds is 1. The van der Waals surface area contributed by atoms with Crippen LogP contribution < -0.4 is 4.74 Å². The van der Waals surface area contributed by atoms with Crippen molar-refractivity contribution >= 4 is 17.5 Å². The van der Waals surface area contributed by atoms with Crippen LogP contribution in [0.2, 0.25) is 0 Å². The van der Waals surface area contributed by atoms with Gasteiger partial charge in [0.1, 0.15) is 5.75 Å². The number of carbonyl (C=O) groups excluding carboxylic acids is 1. The third-order valence-corrected chi connectivity index (χ3v) is 5.40. The molecule has 1 aromatic carbocycles. The average Bonchev–Trinajstić information content (AvgIpc) is 2.44. The molecule has 1 aliphatic heterocycles. The van der Waals surface area contributed by atoms with Crippen LogP contribution in [-0.2, 0) is 0 Å².